The van der Waals surface area contributed by atoms with Gasteiger partial charge >= 0.3 is 0 Å². The van der Waals surface area contributed by atoms with Crippen LogP contribution in [0.1, 0.15) is 12.8 Å². The number of carbonyl (C=O) groups is 1. The number of rotatable bonds is 9. The lowest BCUT2D eigenvalue weighted by Gasteiger charge is -2.34. The maximum Gasteiger partial charge on any atom is 0.243 e. The molecule has 2 rings (SSSR count). The minimum Gasteiger partial charge on any atom is -0.383 e. The summed E-state index contributed by atoms with van der Waals surface area (Å²) in [6, 6.07) is 8.37. The highest BCUT2D eigenvalue weighted by molar-refractivity contribution is 7.89. The fraction of sp³-hybridized carbons (Fsp3) is 0.611. The molecule has 0 N–H and O–H groups in total. The van der Waals surface area contributed by atoms with Gasteiger partial charge in [-0.25, -0.2) is 8.42 Å². The van der Waals surface area contributed by atoms with Crippen LogP contribution in [0.4, 0.5) is 0 Å². The summed E-state index contributed by atoms with van der Waals surface area (Å²) in [6.45, 7) is 2.48. The lowest BCUT2D eigenvalue weighted by molar-refractivity contribution is -0.138. The van der Waals surface area contributed by atoms with Crippen molar-refractivity contribution >= 4 is 15.9 Å². The molecule has 1 amide bonds. The quantitative estimate of drug-likeness (QED) is 0.640. The van der Waals surface area contributed by atoms with E-state index in [1.165, 1.54) is 4.31 Å². The highest BCUT2D eigenvalue weighted by Crippen LogP contribution is 2.25. The zero-order valence-electron chi connectivity index (χ0n) is 15.5. The van der Waals surface area contributed by atoms with Gasteiger partial charge in [0.2, 0.25) is 15.9 Å². The number of carbonyl (C=O) groups excluding carboxylic acids is 1. The Kier molecular flexibility index (Phi) is 8.02. The topological polar surface area (TPSA) is 76.2 Å². The van der Waals surface area contributed by atoms with E-state index in [0.717, 1.165) is 0 Å². The molecule has 1 aliphatic rings. The Labute approximate surface area is 155 Å². The standard InChI is InChI=1S/C18H28N2O5S/c1-24-13-11-19(12-14-25-2)18(21)16-7-6-10-20(15-16)26(22,23)17-8-4-3-5-9-17/h3-5,8-9,16H,6-7,10-15H2,1-2H3. The third kappa shape index (κ3) is 5.26. The Morgan fingerprint density at radius 3 is 2.35 bits per heavy atom. The summed E-state index contributed by atoms with van der Waals surface area (Å²) in [5.74, 6) is -0.372. The van der Waals surface area contributed by atoms with Gasteiger partial charge in [-0.05, 0) is 25.0 Å². The number of amides is 1. The molecule has 0 radical (unpaired) electrons. The van der Waals surface area contributed by atoms with Gasteiger partial charge in [0.1, 0.15) is 0 Å². The van der Waals surface area contributed by atoms with Crippen molar-refractivity contribution < 1.29 is 22.7 Å². The van der Waals surface area contributed by atoms with Crippen molar-refractivity contribution in [2.75, 3.05) is 53.6 Å². The van der Waals surface area contributed by atoms with Crippen molar-refractivity contribution in [3.8, 4) is 0 Å². The van der Waals surface area contributed by atoms with Crippen molar-refractivity contribution in [3.63, 3.8) is 0 Å². The number of ether oxygens (including phenoxy) is 2. The summed E-state index contributed by atoms with van der Waals surface area (Å²) in [5.41, 5.74) is 0. The van der Waals surface area contributed by atoms with Crippen LogP contribution in [0, 0.1) is 5.92 Å². The molecule has 1 aromatic carbocycles. The SMILES string of the molecule is COCCN(CCOC)C(=O)C1CCCN(S(=O)(=O)c2ccccc2)C1. The Balaban J connectivity index is 2.09. The molecule has 1 aliphatic heterocycles. The maximum absolute atomic E-state index is 12.9. The van der Waals surface area contributed by atoms with Crippen LogP contribution in [0.2, 0.25) is 0 Å². The van der Waals surface area contributed by atoms with Crippen LogP contribution in [-0.4, -0.2) is 77.1 Å². The lowest BCUT2D eigenvalue weighted by Crippen LogP contribution is -2.48. The molecule has 1 heterocycles. The molecule has 0 saturated carbocycles. The minimum atomic E-state index is -3.57. The average molecular weight is 384 g/mol. The molecule has 0 spiro atoms. The van der Waals surface area contributed by atoms with E-state index < -0.39 is 10.0 Å². The molecule has 1 fully saturated rings. The van der Waals surface area contributed by atoms with E-state index in [1.807, 2.05) is 0 Å². The van der Waals surface area contributed by atoms with E-state index in [9.17, 15) is 13.2 Å². The summed E-state index contributed by atoms with van der Waals surface area (Å²) >= 11 is 0. The van der Waals surface area contributed by atoms with Crippen molar-refractivity contribution in [2.45, 2.75) is 17.7 Å². The fourth-order valence-corrected chi connectivity index (χ4v) is 4.64. The number of piperidine rings is 1. The van der Waals surface area contributed by atoms with Gasteiger partial charge in [0.15, 0.2) is 0 Å². The molecule has 8 heteroatoms. The molecule has 26 heavy (non-hydrogen) atoms. The first-order valence-electron chi connectivity index (χ1n) is 8.82. The monoisotopic (exact) mass is 384 g/mol. The van der Waals surface area contributed by atoms with Gasteiger partial charge in [-0.15, -0.1) is 0 Å². The average Bonchev–Trinajstić information content (AvgIpc) is 2.68. The van der Waals surface area contributed by atoms with E-state index in [0.29, 0.717) is 45.7 Å². The third-order valence-electron chi connectivity index (χ3n) is 4.56. The predicted molar refractivity (Wildman–Crippen MR) is 98.3 cm³/mol. The van der Waals surface area contributed by atoms with Crippen molar-refractivity contribution in [1.82, 2.24) is 9.21 Å². The van der Waals surface area contributed by atoms with Crippen LogP contribution >= 0.6 is 0 Å². The first-order valence-corrected chi connectivity index (χ1v) is 10.3. The number of benzene rings is 1. The Hall–Kier alpha value is -1.48. The summed E-state index contributed by atoms with van der Waals surface area (Å²) < 4.78 is 37.3. The highest BCUT2D eigenvalue weighted by atomic mass is 32.2. The van der Waals surface area contributed by atoms with E-state index in [2.05, 4.69) is 0 Å². The molecule has 0 aliphatic carbocycles. The fourth-order valence-electron chi connectivity index (χ4n) is 3.10. The first kappa shape index (κ1) is 20.8. The van der Waals surface area contributed by atoms with Crippen molar-refractivity contribution in [3.05, 3.63) is 30.3 Å². The van der Waals surface area contributed by atoms with E-state index in [4.69, 9.17) is 9.47 Å². The third-order valence-corrected chi connectivity index (χ3v) is 6.44. The highest BCUT2D eigenvalue weighted by Gasteiger charge is 2.34. The minimum absolute atomic E-state index is 0.0351. The summed E-state index contributed by atoms with van der Waals surface area (Å²) in [4.78, 5) is 14.9. The molecular weight excluding hydrogens is 356 g/mol. The zero-order chi connectivity index (χ0) is 19.0. The van der Waals surface area contributed by atoms with Crippen LogP contribution in [0.25, 0.3) is 0 Å². The van der Waals surface area contributed by atoms with Crippen LogP contribution in [-0.2, 0) is 24.3 Å². The van der Waals surface area contributed by atoms with Gasteiger partial charge in [0.05, 0.1) is 24.0 Å². The zero-order valence-corrected chi connectivity index (χ0v) is 16.3. The van der Waals surface area contributed by atoms with Crippen molar-refractivity contribution in [1.29, 1.82) is 0 Å². The van der Waals surface area contributed by atoms with Crippen LogP contribution in [0.5, 0.6) is 0 Å². The van der Waals surface area contributed by atoms with Gasteiger partial charge in [-0.2, -0.15) is 4.31 Å². The molecule has 7 nitrogen and oxygen atoms in total. The van der Waals surface area contributed by atoms with E-state index >= 15 is 0 Å². The van der Waals surface area contributed by atoms with Gasteiger partial charge in [-0.3, -0.25) is 4.79 Å². The second-order valence-corrected chi connectivity index (χ2v) is 8.26. The number of sulfonamides is 1. The van der Waals surface area contributed by atoms with Crippen LogP contribution in [0.15, 0.2) is 35.2 Å². The van der Waals surface area contributed by atoms with Crippen LogP contribution in [0.3, 0.4) is 0 Å². The Morgan fingerprint density at radius 1 is 1.15 bits per heavy atom. The van der Waals surface area contributed by atoms with Gasteiger partial charge in [0.25, 0.3) is 0 Å². The summed E-state index contributed by atoms with van der Waals surface area (Å²) in [6.07, 6.45) is 1.36. The van der Waals surface area contributed by atoms with Gasteiger partial charge in [0, 0.05) is 40.4 Å². The second-order valence-electron chi connectivity index (χ2n) is 6.33. The molecule has 146 valence electrons. The summed E-state index contributed by atoms with van der Waals surface area (Å²) in [7, 11) is -0.393. The molecule has 0 bridgehead atoms. The number of hydrogen-bond donors (Lipinski definition) is 0. The molecule has 1 atom stereocenters. The number of hydrogen-bond acceptors (Lipinski definition) is 5. The number of nitrogens with zero attached hydrogens (tertiary/aromatic N) is 2. The van der Waals surface area contributed by atoms with E-state index in [-0.39, 0.29) is 23.3 Å². The molecule has 1 saturated heterocycles. The molecular formula is C18H28N2O5S. The largest absolute Gasteiger partial charge is 0.383 e. The smallest absolute Gasteiger partial charge is 0.243 e. The summed E-state index contributed by atoms with van der Waals surface area (Å²) in [5, 5.41) is 0. The Morgan fingerprint density at radius 2 is 1.77 bits per heavy atom. The van der Waals surface area contributed by atoms with Crippen molar-refractivity contribution in [2.24, 2.45) is 5.92 Å². The maximum atomic E-state index is 12.9. The predicted octanol–water partition coefficient (Wildman–Crippen LogP) is 1.21. The number of methoxy groups -OCH3 is 2. The van der Waals surface area contributed by atoms with Gasteiger partial charge < -0.3 is 14.4 Å². The molecule has 1 unspecified atom stereocenters. The van der Waals surface area contributed by atoms with Crippen LogP contribution < -0.4 is 0 Å². The lowest BCUT2D eigenvalue weighted by atomic mass is 9.98. The van der Waals surface area contributed by atoms with E-state index in [1.54, 1.807) is 49.5 Å². The first-order chi connectivity index (χ1) is 12.5. The molecule has 0 aromatic heterocycles. The Bertz CT molecular complexity index is 657. The molecule has 1 aromatic rings. The normalized spacial score (nSPS) is 18.6. The van der Waals surface area contributed by atoms with Gasteiger partial charge in [-0.1, -0.05) is 18.2 Å². The second kappa shape index (κ2) is 10.0.